The van der Waals surface area contributed by atoms with Crippen molar-refractivity contribution >= 4 is 11.4 Å². The molecule has 1 aromatic rings. The molecule has 1 aromatic carbocycles. The highest BCUT2D eigenvalue weighted by atomic mass is 16.6. The Labute approximate surface area is 120 Å². The molecule has 1 N–H and O–H groups in total. The molecule has 20 heavy (non-hydrogen) atoms. The number of nitrogens with one attached hydrogen (secondary N) is 1. The maximum absolute atomic E-state index is 11.2. The zero-order valence-electron chi connectivity index (χ0n) is 12.4. The fourth-order valence-corrected chi connectivity index (χ4v) is 2.92. The van der Waals surface area contributed by atoms with Gasteiger partial charge in [-0.25, -0.2) is 0 Å². The average molecular weight is 276 g/mol. The van der Waals surface area contributed by atoms with Gasteiger partial charge in [-0.3, -0.25) is 10.1 Å². The van der Waals surface area contributed by atoms with Crippen LogP contribution in [0.4, 0.5) is 11.4 Å². The van der Waals surface area contributed by atoms with Crippen LogP contribution in [0.3, 0.4) is 0 Å². The van der Waals surface area contributed by atoms with Crippen LogP contribution in [0.25, 0.3) is 0 Å². The van der Waals surface area contributed by atoms with Crippen molar-refractivity contribution in [2.24, 2.45) is 5.92 Å². The normalized spacial score (nSPS) is 16.7. The summed E-state index contributed by atoms with van der Waals surface area (Å²) in [6.45, 7) is 4.76. The van der Waals surface area contributed by atoms with Crippen LogP contribution < -0.4 is 5.32 Å². The molecule has 2 rings (SSSR count). The second kappa shape index (κ2) is 6.73. The van der Waals surface area contributed by atoms with Gasteiger partial charge < -0.3 is 5.32 Å². The summed E-state index contributed by atoms with van der Waals surface area (Å²) >= 11 is 0. The van der Waals surface area contributed by atoms with Crippen molar-refractivity contribution in [2.45, 2.75) is 52.4 Å². The van der Waals surface area contributed by atoms with Gasteiger partial charge in [0.05, 0.1) is 4.92 Å². The van der Waals surface area contributed by atoms with Crippen LogP contribution in [0.2, 0.25) is 0 Å². The molecule has 0 saturated heterocycles. The lowest BCUT2D eigenvalue weighted by atomic mass is 10.00. The molecule has 1 fully saturated rings. The molecule has 0 heterocycles. The van der Waals surface area contributed by atoms with Crippen molar-refractivity contribution in [3.63, 3.8) is 0 Å². The number of nitro groups is 1. The molecule has 0 aliphatic heterocycles. The summed E-state index contributed by atoms with van der Waals surface area (Å²) in [6, 6.07) is 3.58. The number of hydrogen-bond donors (Lipinski definition) is 1. The molecule has 110 valence electrons. The van der Waals surface area contributed by atoms with Crippen LogP contribution in [0.5, 0.6) is 0 Å². The van der Waals surface area contributed by atoms with Crippen molar-refractivity contribution in [2.75, 3.05) is 11.9 Å². The molecule has 0 amide bonds. The predicted octanol–water partition coefficient (Wildman–Crippen LogP) is 4.59. The van der Waals surface area contributed by atoms with E-state index in [2.05, 4.69) is 5.32 Å². The van der Waals surface area contributed by atoms with E-state index in [1.54, 1.807) is 6.07 Å². The number of anilines is 1. The third-order valence-electron chi connectivity index (χ3n) is 4.36. The molecule has 0 atom stereocenters. The monoisotopic (exact) mass is 276 g/mol. The highest BCUT2D eigenvalue weighted by molar-refractivity contribution is 5.64. The smallest absolute Gasteiger partial charge is 0.292 e. The molecule has 1 aliphatic rings. The predicted molar refractivity (Wildman–Crippen MR) is 82.3 cm³/mol. The Morgan fingerprint density at radius 3 is 2.35 bits per heavy atom. The molecule has 1 aliphatic carbocycles. The topological polar surface area (TPSA) is 55.2 Å². The number of hydrogen-bond acceptors (Lipinski definition) is 3. The first kappa shape index (κ1) is 14.8. The number of nitrogens with zero attached hydrogens (tertiary/aromatic N) is 1. The lowest BCUT2D eigenvalue weighted by molar-refractivity contribution is -0.384. The second-order valence-corrected chi connectivity index (χ2v) is 5.95. The van der Waals surface area contributed by atoms with Gasteiger partial charge in [-0.1, -0.05) is 25.7 Å². The molecule has 0 aromatic heterocycles. The maximum atomic E-state index is 11.2. The van der Waals surface area contributed by atoms with Gasteiger partial charge in [0.25, 0.3) is 5.69 Å². The van der Waals surface area contributed by atoms with Crippen LogP contribution in [-0.4, -0.2) is 11.5 Å². The van der Waals surface area contributed by atoms with E-state index >= 15 is 0 Å². The quantitative estimate of drug-likeness (QED) is 0.497. The molecule has 0 unspecified atom stereocenters. The first-order valence-electron chi connectivity index (χ1n) is 7.57. The van der Waals surface area contributed by atoms with E-state index in [1.807, 2.05) is 19.9 Å². The Bertz CT molecular complexity index is 478. The Kier molecular flexibility index (Phi) is 4.99. The van der Waals surface area contributed by atoms with Gasteiger partial charge in [-0.05, 0) is 49.8 Å². The van der Waals surface area contributed by atoms with Crippen molar-refractivity contribution in [3.8, 4) is 0 Å². The molecule has 0 radical (unpaired) electrons. The van der Waals surface area contributed by atoms with Gasteiger partial charge in [-0.15, -0.1) is 0 Å². The van der Waals surface area contributed by atoms with Crippen LogP contribution >= 0.6 is 0 Å². The van der Waals surface area contributed by atoms with Gasteiger partial charge in [0, 0.05) is 12.6 Å². The van der Waals surface area contributed by atoms with Gasteiger partial charge in [-0.2, -0.15) is 0 Å². The molecule has 1 saturated carbocycles. The fraction of sp³-hybridized carbons (Fsp3) is 0.625. The summed E-state index contributed by atoms with van der Waals surface area (Å²) in [4.78, 5) is 10.9. The van der Waals surface area contributed by atoms with E-state index in [1.165, 1.54) is 38.5 Å². The number of nitro benzene ring substituents is 1. The van der Waals surface area contributed by atoms with Crippen molar-refractivity contribution in [1.29, 1.82) is 0 Å². The summed E-state index contributed by atoms with van der Waals surface area (Å²) in [5, 5.41) is 14.5. The molecular formula is C16H24N2O2. The molecule has 4 heteroatoms. The largest absolute Gasteiger partial charge is 0.379 e. The second-order valence-electron chi connectivity index (χ2n) is 5.95. The van der Waals surface area contributed by atoms with Crippen molar-refractivity contribution < 1.29 is 4.92 Å². The zero-order chi connectivity index (χ0) is 14.5. The van der Waals surface area contributed by atoms with E-state index in [4.69, 9.17) is 0 Å². The summed E-state index contributed by atoms with van der Waals surface area (Å²) in [6.07, 6.45) is 7.74. The lowest BCUT2D eigenvalue weighted by Gasteiger charge is -2.16. The Morgan fingerprint density at radius 1 is 1.15 bits per heavy atom. The van der Waals surface area contributed by atoms with E-state index in [0.717, 1.165) is 17.7 Å². The molecule has 0 bridgehead atoms. The first-order valence-corrected chi connectivity index (χ1v) is 7.57. The van der Waals surface area contributed by atoms with Crippen LogP contribution in [0.1, 0.15) is 49.7 Å². The zero-order valence-corrected chi connectivity index (χ0v) is 12.4. The maximum Gasteiger partial charge on any atom is 0.292 e. The van der Waals surface area contributed by atoms with Crippen LogP contribution in [-0.2, 0) is 0 Å². The third kappa shape index (κ3) is 3.71. The summed E-state index contributed by atoms with van der Waals surface area (Å²) in [5.74, 6) is 0.652. The Balaban J connectivity index is 2.07. The van der Waals surface area contributed by atoms with Crippen LogP contribution in [0.15, 0.2) is 12.1 Å². The summed E-state index contributed by atoms with van der Waals surface area (Å²) < 4.78 is 0. The van der Waals surface area contributed by atoms with E-state index in [-0.39, 0.29) is 10.6 Å². The van der Waals surface area contributed by atoms with Gasteiger partial charge in [0.2, 0.25) is 0 Å². The third-order valence-corrected chi connectivity index (χ3v) is 4.36. The number of benzene rings is 1. The minimum absolute atomic E-state index is 0.196. The fourth-order valence-electron chi connectivity index (χ4n) is 2.92. The summed E-state index contributed by atoms with van der Waals surface area (Å²) in [7, 11) is 0. The van der Waals surface area contributed by atoms with E-state index in [0.29, 0.717) is 11.6 Å². The molecule has 0 spiro atoms. The lowest BCUT2D eigenvalue weighted by Crippen LogP contribution is -2.14. The first-order chi connectivity index (χ1) is 9.58. The molecular weight excluding hydrogens is 252 g/mol. The van der Waals surface area contributed by atoms with Gasteiger partial charge >= 0.3 is 0 Å². The van der Waals surface area contributed by atoms with Gasteiger partial charge in [0.15, 0.2) is 0 Å². The van der Waals surface area contributed by atoms with Crippen LogP contribution in [0, 0.1) is 29.9 Å². The Morgan fingerprint density at radius 2 is 1.75 bits per heavy atom. The molecule has 4 nitrogen and oxygen atoms in total. The van der Waals surface area contributed by atoms with Gasteiger partial charge in [0.1, 0.15) is 5.69 Å². The Hall–Kier alpha value is -1.58. The minimum atomic E-state index is -0.290. The number of aryl methyl sites for hydroxylation is 2. The van der Waals surface area contributed by atoms with Crippen molar-refractivity contribution in [3.05, 3.63) is 33.4 Å². The highest BCUT2D eigenvalue weighted by Gasteiger charge is 2.17. The van der Waals surface area contributed by atoms with Crippen molar-refractivity contribution in [1.82, 2.24) is 0 Å². The van der Waals surface area contributed by atoms with E-state index < -0.39 is 0 Å². The summed E-state index contributed by atoms with van der Waals surface area (Å²) in [5.41, 5.74) is 2.93. The minimum Gasteiger partial charge on any atom is -0.379 e. The number of rotatable bonds is 4. The standard InChI is InChI=1S/C16H24N2O2/c1-12-9-15(16(18(19)20)10-13(12)2)17-11-14-7-5-3-4-6-8-14/h9-10,14,17H,3-8,11H2,1-2H3. The van der Waals surface area contributed by atoms with E-state index in [9.17, 15) is 10.1 Å². The SMILES string of the molecule is Cc1cc(NCC2CCCCCC2)c([N+](=O)[O-])cc1C. The average Bonchev–Trinajstić information content (AvgIpc) is 2.68. The highest BCUT2D eigenvalue weighted by Crippen LogP contribution is 2.29.